The summed E-state index contributed by atoms with van der Waals surface area (Å²) in [6.45, 7) is 2.36. The first-order valence-corrected chi connectivity index (χ1v) is 11.4. The van der Waals surface area contributed by atoms with Crippen molar-refractivity contribution in [1.29, 1.82) is 0 Å². The number of rotatable bonds is 8. The molecule has 0 saturated carbocycles. The van der Waals surface area contributed by atoms with Gasteiger partial charge in [-0.15, -0.1) is 0 Å². The number of hydrogen-bond donors (Lipinski definition) is 2. The Morgan fingerprint density at radius 1 is 0.967 bits per heavy atom. The number of hydrogen-bond acceptors (Lipinski definition) is 6. The summed E-state index contributed by atoms with van der Waals surface area (Å²) < 4.78 is 30.3. The Kier molecular flexibility index (Phi) is 6.74. The zero-order chi connectivity index (χ0) is 21.6. The second-order valence-corrected chi connectivity index (χ2v) is 8.70. The number of esters is 1. The number of benzene rings is 3. The molecule has 0 unspecified atom stereocenters. The molecule has 0 aliphatic rings. The van der Waals surface area contributed by atoms with Gasteiger partial charge in [0.05, 0.1) is 28.4 Å². The van der Waals surface area contributed by atoms with Crippen LogP contribution >= 0.6 is 0 Å². The van der Waals surface area contributed by atoms with E-state index in [2.05, 4.69) is 10.6 Å². The molecule has 0 fully saturated rings. The molecule has 7 heteroatoms. The van der Waals surface area contributed by atoms with Gasteiger partial charge < -0.3 is 15.4 Å². The molecule has 0 spiro atoms. The number of ether oxygens (including phenoxy) is 1. The maximum atomic E-state index is 12.6. The van der Waals surface area contributed by atoms with E-state index in [1.54, 1.807) is 13.0 Å². The van der Waals surface area contributed by atoms with E-state index >= 15 is 0 Å². The predicted octanol–water partition coefficient (Wildman–Crippen LogP) is 4.62. The molecule has 3 aromatic rings. The number of carbonyl (C=O) groups is 1. The van der Waals surface area contributed by atoms with Crippen LogP contribution in [0.3, 0.4) is 0 Å². The van der Waals surface area contributed by atoms with E-state index in [-0.39, 0.29) is 17.1 Å². The second kappa shape index (κ2) is 9.45. The molecule has 0 saturated heterocycles. The molecular weight excluding hydrogens is 400 g/mol. The van der Waals surface area contributed by atoms with Gasteiger partial charge >= 0.3 is 5.97 Å². The molecule has 0 bridgehead atoms. The molecule has 156 valence electrons. The highest BCUT2D eigenvalue weighted by Crippen LogP contribution is 2.35. The van der Waals surface area contributed by atoms with Crippen molar-refractivity contribution in [2.75, 3.05) is 23.5 Å². The number of carbonyl (C=O) groups excluding carboxylic acids is 1. The van der Waals surface area contributed by atoms with Crippen LogP contribution in [0.15, 0.2) is 77.7 Å². The van der Waals surface area contributed by atoms with Crippen LogP contribution in [0.4, 0.5) is 17.1 Å². The van der Waals surface area contributed by atoms with Crippen LogP contribution in [0, 0.1) is 0 Å². The molecule has 0 amide bonds. The van der Waals surface area contributed by atoms with Crippen LogP contribution in [-0.2, 0) is 21.1 Å². The van der Waals surface area contributed by atoms with Crippen molar-refractivity contribution < 1.29 is 17.9 Å². The van der Waals surface area contributed by atoms with Gasteiger partial charge in [0.15, 0.2) is 9.84 Å². The Morgan fingerprint density at radius 2 is 1.60 bits per heavy atom. The third-order valence-corrected chi connectivity index (χ3v) is 5.50. The molecule has 3 aromatic carbocycles. The van der Waals surface area contributed by atoms with E-state index < -0.39 is 15.8 Å². The fraction of sp³-hybridized carbons (Fsp3) is 0.174. The van der Waals surface area contributed by atoms with Crippen molar-refractivity contribution in [3.8, 4) is 0 Å². The SMILES string of the molecule is CCOC(=O)c1cc(NCc2ccccc2)c(Nc2ccccc2)c(S(C)(=O)=O)c1. The molecule has 0 radical (unpaired) electrons. The standard InChI is InChI=1S/C23H24N2O4S/c1-3-29-23(26)18-14-20(24-16-17-10-6-4-7-11-17)22(21(15-18)30(2,27)28)25-19-12-8-5-9-13-19/h4-15,24-25H,3,16H2,1-2H3. The highest BCUT2D eigenvalue weighted by atomic mass is 32.2. The molecule has 0 aromatic heterocycles. The molecule has 0 heterocycles. The lowest BCUT2D eigenvalue weighted by atomic mass is 10.1. The molecule has 6 nitrogen and oxygen atoms in total. The van der Waals surface area contributed by atoms with Crippen molar-refractivity contribution in [1.82, 2.24) is 0 Å². The minimum atomic E-state index is -3.64. The third kappa shape index (κ3) is 5.39. The molecule has 0 aliphatic heterocycles. The number of para-hydroxylation sites is 1. The molecule has 2 N–H and O–H groups in total. The third-order valence-electron chi connectivity index (χ3n) is 4.38. The Hall–Kier alpha value is -3.32. The summed E-state index contributed by atoms with van der Waals surface area (Å²) in [4.78, 5) is 12.4. The van der Waals surface area contributed by atoms with Gasteiger partial charge in [0.1, 0.15) is 0 Å². The lowest BCUT2D eigenvalue weighted by molar-refractivity contribution is 0.0526. The first-order chi connectivity index (χ1) is 14.4. The Morgan fingerprint density at radius 3 is 2.20 bits per heavy atom. The lowest BCUT2D eigenvalue weighted by Gasteiger charge is -2.19. The van der Waals surface area contributed by atoms with Crippen molar-refractivity contribution in [3.63, 3.8) is 0 Å². The van der Waals surface area contributed by atoms with Crippen LogP contribution in [-0.4, -0.2) is 27.2 Å². The van der Waals surface area contributed by atoms with Gasteiger partial charge in [0.25, 0.3) is 0 Å². The lowest BCUT2D eigenvalue weighted by Crippen LogP contribution is -2.12. The van der Waals surface area contributed by atoms with Crippen molar-refractivity contribution in [2.45, 2.75) is 18.4 Å². The van der Waals surface area contributed by atoms with Gasteiger partial charge in [-0.2, -0.15) is 0 Å². The summed E-state index contributed by atoms with van der Waals surface area (Å²) in [7, 11) is -3.64. The average Bonchev–Trinajstić information content (AvgIpc) is 2.73. The largest absolute Gasteiger partial charge is 0.462 e. The molecule has 30 heavy (non-hydrogen) atoms. The maximum absolute atomic E-state index is 12.6. The topological polar surface area (TPSA) is 84.5 Å². The van der Waals surface area contributed by atoms with E-state index in [9.17, 15) is 13.2 Å². The summed E-state index contributed by atoms with van der Waals surface area (Å²) >= 11 is 0. The van der Waals surface area contributed by atoms with Gasteiger partial charge in [0.2, 0.25) is 0 Å². The predicted molar refractivity (Wildman–Crippen MR) is 119 cm³/mol. The minimum Gasteiger partial charge on any atom is -0.462 e. The van der Waals surface area contributed by atoms with Crippen molar-refractivity contribution in [3.05, 3.63) is 83.9 Å². The first kappa shape index (κ1) is 21.4. The number of sulfone groups is 1. The molecule has 0 aliphatic carbocycles. The zero-order valence-corrected chi connectivity index (χ0v) is 17.7. The van der Waals surface area contributed by atoms with Gasteiger partial charge in [-0.1, -0.05) is 48.5 Å². The smallest absolute Gasteiger partial charge is 0.338 e. The van der Waals surface area contributed by atoms with Crippen LogP contribution in [0.2, 0.25) is 0 Å². The van der Waals surface area contributed by atoms with Crippen LogP contribution < -0.4 is 10.6 Å². The van der Waals surface area contributed by atoms with Crippen LogP contribution in [0.1, 0.15) is 22.8 Å². The Labute approximate surface area is 176 Å². The second-order valence-electron chi connectivity index (χ2n) is 6.72. The monoisotopic (exact) mass is 424 g/mol. The van der Waals surface area contributed by atoms with Gasteiger partial charge in [-0.3, -0.25) is 0 Å². The molecule has 0 atom stereocenters. The molecule has 3 rings (SSSR count). The van der Waals surface area contributed by atoms with Gasteiger partial charge in [0, 0.05) is 18.5 Å². The summed E-state index contributed by atoms with van der Waals surface area (Å²) in [6.07, 6.45) is 1.12. The highest BCUT2D eigenvalue weighted by molar-refractivity contribution is 7.90. The summed E-state index contributed by atoms with van der Waals surface area (Å²) in [5.41, 5.74) is 2.80. The Bertz CT molecular complexity index is 1110. The first-order valence-electron chi connectivity index (χ1n) is 9.53. The summed E-state index contributed by atoms with van der Waals surface area (Å²) in [5, 5.41) is 6.45. The summed E-state index contributed by atoms with van der Waals surface area (Å²) in [6, 6.07) is 21.9. The fourth-order valence-electron chi connectivity index (χ4n) is 2.97. The molecular formula is C23H24N2O4S. The van der Waals surface area contributed by atoms with Gasteiger partial charge in [-0.25, -0.2) is 13.2 Å². The highest BCUT2D eigenvalue weighted by Gasteiger charge is 2.22. The van der Waals surface area contributed by atoms with Crippen molar-refractivity contribution >= 4 is 32.9 Å². The van der Waals surface area contributed by atoms with Crippen molar-refractivity contribution in [2.24, 2.45) is 0 Å². The van der Waals surface area contributed by atoms with E-state index in [0.717, 1.165) is 17.5 Å². The van der Waals surface area contributed by atoms with Gasteiger partial charge in [-0.05, 0) is 36.8 Å². The Balaban J connectivity index is 2.10. The van der Waals surface area contributed by atoms with E-state index in [0.29, 0.717) is 17.9 Å². The maximum Gasteiger partial charge on any atom is 0.338 e. The van der Waals surface area contributed by atoms with Crippen LogP contribution in [0.5, 0.6) is 0 Å². The van der Waals surface area contributed by atoms with E-state index in [1.165, 1.54) is 6.07 Å². The van der Waals surface area contributed by atoms with E-state index in [1.807, 2.05) is 60.7 Å². The number of anilines is 3. The minimum absolute atomic E-state index is 0.0208. The average molecular weight is 425 g/mol. The normalized spacial score (nSPS) is 11.0. The zero-order valence-electron chi connectivity index (χ0n) is 16.9. The quantitative estimate of drug-likeness (QED) is 0.513. The summed E-state index contributed by atoms with van der Waals surface area (Å²) in [5.74, 6) is -0.573. The fourth-order valence-corrected chi connectivity index (χ4v) is 3.84. The van der Waals surface area contributed by atoms with E-state index in [4.69, 9.17) is 4.74 Å². The van der Waals surface area contributed by atoms with Crippen LogP contribution in [0.25, 0.3) is 0 Å². The number of nitrogens with one attached hydrogen (secondary N) is 2.